The molecule has 0 unspecified atom stereocenters. The molecule has 4 nitrogen and oxygen atoms in total. The zero-order valence-electron chi connectivity index (χ0n) is 10.9. The van der Waals surface area contributed by atoms with Crippen LogP contribution >= 0.6 is 0 Å². The van der Waals surface area contributed by atoms with Gasteiger partial charge in [-0.3, -0.25) is 0 Å². The second kappa shape index (κ2) is 10.2. The van der Waals surface area contributed by atoms with E-state index in [9.17, 15) is 0 Å². The smallest absolute Gasteiger partial charge is 0.374 e. The van der Waals surface area contributed by atoms with Gasteiger partial charge in [-0.25, -0.2) is 0 Å². The van der Waals surface area contributed by atoms with Gasteiger partial charge >= 0.3 is 8.80 Å². The minimum atomic E-state index is -2.41. The van der Waals surface area contributed by atoms with Gasteiger partial charge in [0.25, 0.3) is 0 Å². The van der Waals surface area contributed by atoms with Crippen LogP contribution in [0.3, 0.4) is 0 Å². The Morgan fingerprint density at radius 3 is 1.88 bits per heavy atom. The zero-order chi connectivity index (χ0) is 12.3. The van der Waals surface area contributed by atoms with Crippen LogP contribution < -0.4 is 5.32 Å². The van der Waals surface area contributed by atoms with Gasteiger partial charge in [-0.05, 0) is 47.2 Å². The molecular weight excluding hydrogens is 222 g/mol. The lowest BCUT2D eigenvalue weighted by atomic mass is 10.5. The molecule has 16 heavy (non-hydrogen) atoms. The summed E-state index contributed by atoms with van der Waals surface area (Å²) in [6.07, 6.45) is 1.00. The van der Waals surface area contributed by atoms with E-state index in [1.165, 1.54) is 0 Å². The maximum Gasteiger partial charge on any atom is 0.500 e. The van der Waals surface area contributed by atoms with Crippen LogP contribution in [-0.4, -0.2) is 41.7 Å². The molecule has 1 N–H and O–H groups in total. The molecule has 0 heterocycles. The summed E-state index contributed by atoms with van der Waals surface area (Å²) >= 11 is 0. The lowest BCUT2D eigenvalue weighted by molar-refractivity contribution is 0.0708. The number of nitrogens with one attached hydrogen (secondary N) is 1. The van der Waals surface area contributed by atoms with E-state index in [0.29, 0.717) is 19.8 Å². The summed E-state index contributed by atoms with van der Waals surface area (Å²) in [6.45, 7) is 13.3. The van der Waals surface area contributed by atoms with Crippen LogP contribution in [0, 0.1) is 6.92 Å². The Morgan fingerprint density at radius 1 is 1.00 bits per heavy atom. The molecule has 0 amide bonds. The second-order valence-electron chi connectivity index (χ2n) is 3.34. The third-order valence-corrected chi connectivity index (χ3v) is 5.26. The van der Waals surface area contributed by atoms with Gasteiger partial charge in [-0.2, -0.15) is 0 Å². The van der Waals surface area contributed by atoms with Crippen molar-refractivity contribution in [3.05, 3.63) is 6.92 Å². The number of hydrogen-bond donors (Lipinski definition) is 1. The van der Waals surface area contributed by atoms with Crippen LogP contribution in [0.2, 0.25) is 6.04 Å². The van der Waals surface area contributed by atoms with Crippen molar-refractivity contribution in [3.8, 4) is 0 Å². The topological polar surface area (TPSA) is 39.7 Å². The van der Waals surface area contributed by atoms with Gasteiger partial charge in [0.15, 0.2) is 0 Å². The molecule has 0 aromatic rings. The summed E-state index contributed by atoms with van der Waals surface area (Å²) in [5.74, 6) is 0. The standard InChI is InChI=1S/C11H26NO3Si/c1-5-12-10-9-11-16(13-6-2,14-7-3)15-8-4/h12H,1,5-11H2,2-4H3. The first kappa shape index (κ1) is 16.1. The molecule has 0 aliphatic carbocycles. The fraction of sp³-hybridized carbons (Fsp3) is 0.909. The summed E-state index contributed by atoms with van der Waals surface area (Å²) in [4.78, 5) is 0. The van der Waals surface area contributed by atoms with Gasteiger partial charge in [0.05, 0.1) is 0 Å². The first-order chi connectivity index (χ1) is 7.74. The highest BCUT2D eigenvalue weighted by atomic mass is 28.4. The van der Waals surface area contributed by atoms with E-state index >= 15 is 0 Å². The molecule has 0 aliphatic heterocycles. The molecule has 0 bridgehead atoms. The molecule has 1 radical (unpaired) electrons. The average Bonchev–Trinajstić information content (AvgIpc) is 2.26. The molecule has 0 spiro atoms. The molecule has 0 aliphatic rings. The molecule has 0 aromatic carbocycles. The van der Waals surface area contributed by atoms with Crippen molar-refractivity contribution in [1.29, 1.82) is 0 Å². The van der Waals surface area contributed by atoms with Crippen molar-refractivity contribution in [3.63, 3.8) is 0 Å². The Bertz CT molecular complexity index is 141. The van der Waals surface area contributed by atoms with Crippen LogP contribution in [0.25, 0.3) is 0 Å². The SMILES string of the molecule is [CH2]CNCCC[Si](OCC)(OCC)OCC. The van der Waals surface area contributed by atoms with Gasteiger partial charge in [-0.15, -0.1) is 0 Å². The lowest BCUT2D eigenvalue weighted by Crippen LogP contribution is -2.46. The lowest BCUT2D eigenvalue weighted by Gasteiger charge is -2.28. The normalized spacial score (nSPS) is 12.0. The molecule has 0 atom stereocenters. The molecule has 0 saturated carbocycles. The fourth-order valence-electron chi connectivity index (χ4n) is 1.56. The zero-order valence-corrected chi connectivity index (χ0v) is 11.9. The first-order valence-corrected chi connectivity index (χ1v) is 8.09. The van der Waals surface area contributed by atoms with E-state index in [2.05, 4.69) is 12.2 Å². The van der Waals surface area contributed by atoms with E-state index < -0.39 is 8.80 Å². The number of hydrogen-bond acceptors (Lipinski definition) is 4. The van der Waals surface area contributed by atoms with Crippen molar-refractivity contribution >= 4 is 8.80 Å². The molecule has 0 fully saturated rings. The van der Waals surface area contributed by atoms with E-state index in [4.69, 9.17) is 13.3 Å². The highest BCUT2D eigenvalue weighted by molar-refractivity contribution is 6.60. The number of rotatable bonds is 11. The summed E-state index contributed by atoms with van der Waals surface area (Å²) in [6, 6.07) is 0.871. The molecule has 0 saturated heterocycles. The minimum absolute atomic E-state index is 0.648. The molecule has 97 valence electrons. The minimum Gasteiger partial charge on any atom is -0.374 e. The predicted molar refractivity (Wildman–Crippen MR) is 68.3 cm³/mol. The molecule has 5 heteroatoms. The van der Waals surface area contributed by atoms with Gasteiger partial charge in [0.2, 0.25) is 0 Å². The predicted octanol–water partition coefficient (Wildman–Crippen LogP) is 1.85. The van der Waals surface area contributed by atoms with Crippen LogP contribution in [0.15, 0.2) is 0 Å². The Balaban J connectivity index is 4.12. The Hall–Kier alpha value is 0.0569. The summed E-state index contributed by atoms with van der Waals surface area (Å²) in [5, 5.41) is 3.19. The summed E-state index contributed by atoms with van der Waals surface area (Å²) < 4.78 is 17.2. The first-order valence-electron chi connectivity index (χ1n) is 6.16. The van der Waals surface area contributed by atoms with E-state index in [1.807, 2.05) is 20.8 Å². The van der Waals surface area contributed by atoms with Crippen molar-refractivity contribution in [1.82, 2.24) is 5.32 Å². The Kier molecular flexibility index (Phi) is 10.3. The summed E-state index contributed by atoms with van der Waals surface area (Å²) in [7, 11) is -2.41. The molecular formula is C11H26NO3Si. The van der Waals surface area contributed by atoms with Gasteiger partial charge < -0.3 is 18.6 Å². The van der Waals surface area contributed by atoms with Crippen LogP contribution in [0.4, 0.5) is 0 Å². The maximum absolute atomic E-state index is 5.74. The molecule has 0 aromatic heterocycles. The van der Waals surface area contributed by atoms with Gasteiger partial charge in [0, 0.05) is 25.9 Å². The third-order valence-electron chi connectivity index (χ3n) is 2.11. The fourth-order valence-corrected chi connectivity index (χ4v) is 4.17. The van der Waals surface area contributed by atoms with Crippen LogP contribution in [-0.2, 0) is 13.3 Å². The Labute approximate surface area is 101 Å². The van der Waals surface area contributed by atoms with Crippen molar-refractivity contribution in [2.45, 2.75) is 33.2 Å². The average molecular weight is 248 g/mol. The van der Waals surface area contributed by atoms with E-state index in [0.717, 1.165) is 25.6 Å². The van der Waals surface area contributed by atoms with Crippen molar-refractivity contribution in [2.75, 3.05) is 32.9 Å². The Morgan fingerprint density at radius 2 is 1.50 bits per heavy atom. The molecule has 0 rings (SSSR count). The van der Waals surface area contributed by atoms with Crippen LogP contribution in [0.1, 0.15) is 27.2 Å². The highest BCUT2D eigenvalue weighted by Gasteiger charge is 2.39. The van der Waals surface area contributed by atoms with Crippen molar-refractivity contribution < 1.29 is 13.3 Å². The monoisotopic (exact) mass is 248 g/mol. The van der Waals surface area contributed by atoms with Crippen LogP contribution in [0.5, 0.6) is 0 Å². The quantitative estimate of drug-likeness (QED) is 0.447. The highest BCUT2D eigenvalue weighted by Crippen LogP contribution is 2.17. The van der Waals surface area contributed by atoms with E-state index in [1.54, 1.807) is 0 Å². The van der Waals surface area contributed by atoms with E-state index in [-0.39, 0.29) is 0 Å². The third kappa shape index (κ3) is 6.60. The largest absolute Gasteiger partial charge is 0.500 e. The van der Waals surface area contributed by atoms with Gasteiger partial charge in [0.1, 0.15) is 0 Å². The van der Waals surface area contributed by atoms with Crippen molar-refractivity contribution in [2.24, 2.45) is 0 Å². The summed E-state index contributed by atoms with van der Waals surface area (Å²) in [5.41, 5.74) is 0. The maximum atomic E-state index is 5.74. The van der Waals surface area contributed by atoms with Gasteiger partial charge in [-0.1, -0.05) is 0 Å². The second-order valence-corrected chi connectivity index (χ2v) is 6.07.